The normalized spacial score (nSPS) is 16.3. The number of hydrogen-bond acceptors (Lipinski definition) is 0. The Bertz CT molecular complexity index is 684. The quantitative estimate of drug-likeness (QED) is 0.392. The van der Waals surface area contributed by atoms with Crippen LogP contribution in [-0.4, -0.2) is 30.7 Å². The molecular weight excluding hydrogens is 366 g/mol. The summed E-state index contributed by atoms with van der Waals surface area (Å²) in [5.41, 5.74) is 0.317. The second-order valence-electron chi connectivity index (χ2n) is 7.90. The lowest BCUT2D eigenvalue weighted by atomic mass is 10.0. The summed E-state index contributed by atoms with van der Waals surface area (Å²) in [6, 6.07) is 7.96. The van der Waals surface area contributed by atoms with E-state index in [9.17, 15) is 17.6 Å². The summed E-state index contributed by atoms with van der Waals surface area (Å²) < 4.78 is 56.3. The molecule has 2 aromatic carbocycles. The van der Waals surface area contributed by atoms with Gasteiger partial charge in [-0.3, -0.25) is 0 Å². The molecule has 0 radical (unpaired) electrons. The van der Waals surface area contributed by atoms with Gasteiger partial charge in [-0.05, 0) is 56.4 Å². The Morgan fingerprint density at radius 1 is 0.607 bits per heavy atom. The number of nitrogens with zero attached hydrogens (tertiary/aromatic N) is 1. The molecule has 3 rings (SSSR count). The molecule has 0 bridgehead atoms. The van der Waals surface area contributed by atoms with Crippen molar-refractivity contribution in [2.45, 2.75) is 44.9 Å². The molecule has 1 aliphatic heterocycles. The molecule has 1 aliphatic rings. The van der Waals surface area contributed by atoms with Gasteiger partial charge in [0.25, 0.3) is 0 Å². The van der Waals surface area contributed by atoms with Crippen LogP contribution in [-0.2, 0) is 12.8 Å². The zero-order chi connectivity index (χ0) is 20.0. The zero-order valence-electron chi connectivity index (χ0n) is 16.2. The zero-order valence-corrected chi connectivity index (χ0v) is 16.2. The van der Waals surface area contributed by atoms with Gasteiger partial charge in [-0.2, -0.15) is 0 Å². The van der Waals surface area contributed by atoms with Crippen LogP contribution in [0.15, 0.2) is 36.4 Å². The van der Waals surface area contributed by atoms with Crippen LogP contribution in [0, 0.1) is 23.3 Å². The highest BCUT2D eigenvalue weighted by Gasteiger charge is 2.29. The molecule has 1 nitrogen and oxygen atoms in total. The van der Waals surface area contributed by atoms with E-state index >= 15 is 0 Å². The van der Waals surface area contributed by atoms with Crippen molar-refractivity contribution in [3.8, 4) is 0 Å². The molecule has 28 heavy (non-hydrogen) atoms. The molecule has 0 N–H and O–H groups in total. The van der Waals surface area contributed by atoms with Gasteiger partial charge in [0, 0.05) is 24.0 Å². The third-order valence-corrected chi connectivity index (χ3v) is 6.01. The topological polar surface area (TPSA) is 0 Å². The maximum atomic E-state index is 13.9. The Morgan fingerprint density at radius 2 is 1.00 bits per heavy atom. The van der Waals surface area contributed by atoms with E-state index in [4.69, 9.17) is 0 Å². The van der Waals surface area contributed by atoms with Crippen LogP contribution in [0.2, 0.25) is 0 Å². The molecule has 2 aromatic rings. The van der Waals surface area contributed by atoms with Gasteiger partial charge in [-0.15, -0.1) is 0 Å². The van der Waals surface area contributed by atoms with Crippen molar-refractivity contribution in [2.24, 2.45) is 0 Å². The van der Waals surface area contributed by atoms with Gasteiger partial charge < -0.3 is 4.48 Å². The minimum Gasteiger partial charge on any atom is -0.324 e. The summed E-state index contributed by atoms with van der Waals surface area (Å²) in [5, 5.41) is 0. The van der Waals surface area contributed by atoms with Gasteiger partial charge in [-0.25, -0.2) is 17.6 Å². The summed E-state index contributed by atoms with van der Waals surface area (Å²) in [7, 11) is 0. The molecule has 0 saturated carbocycles. The highest BCUT2D eigenvalue weighted by atomic mass is 19.1. The fourth-order valence-corrected chi connectivity index (χ4v) is 4.47. The molecule has 0 spiro atoms. The highest BCUT2D eigenvalue weighted by molar-refractivity contribution is 5.20. The average Bonchev–Trinajstić information content (AvgIpc) is 2.67. The van der Waals surface area contributed by atoms with E-state index in [0.717, 1.165) is 43.5 Å². The first-order valence-electron chi connectivity index (χ1n) is 10.2. The molecule has 0 amide bonds. The van der Waals surface area contributed by atoms with Crippen LogP contribution in [0.1, 0.15) is 43.2 Å². The lowest BCUT2D eigenvalue weighted by molar-refractivity contribution is -0.932. The molecule has 1 fully saturated rings. The van der Waals surface area contributed by atoms with Crippen molar-refractivity contribution in [1.82, 2.24) is 0 Å². The van der Waals surface area contributed by atoms with Crippen LogP contribution < -0.4 is 0 Å². The van der Waals surface area contributed by atoms with Gasteiger partial charge in [0.15, 0.2) is 0 Å². The molecule has 0 unspecified atom stereocenters. The van der Waals surface area contributed by atoms with E-state index in [1.165, 1.54) is 42.8 Å². The molecule has 1 heterocycles. The molecular formula is C23H28F4N+. The second kappa shape index (κ2) is 9.55. The average molecular weight is 394 g/mol. The Balaban J connectivity index is 1.59. The molecule has 0 atom stereocenters. The number of piperidine rings is 1. The summed E-state index contributed by atoms with van der Waals surface area (Å²) >= 11 is 0. The highest BCUT2D eigenvalue weighted by Crippen LogP contribution is 2.23. The van der Waals surface area contributed by atoms with Gasteiger partial charge in [0.1, 0.15) is 23.3 Å². The first kappa shape index (κ1) is 20.8. The Labute approximate surface area is 164 Å². The number of quaternary nitrogens is 1. The summed E-state index contributed by atoms with van der Waals surface area (Å²) in [4.78, 5) is 0. The van der Waals surface area contributed by atoms with Crippen LogP contribution >= 0.6 is 0 Å². The summed E-state index contributed by atoms with van der Waals surface area (Å²) in [6.45, 7) is 3.74. The van der Waals surface area contributed by atoms with Gasteiger partial charge >= 0.3 is 0 Å². The lowest BCUT2D eigenvalue weighted by Crippen LogP contribution is -2.52. The molecule has 152 valence electrons. The van der Waals surface area contributed by atoms with E-state index in [1.807, 2.05) is 0 Å². The van der Waals surface area contributed by atoms with Crippen molar-refractivity contribution in [1.29, 1.82) is 0 Å². The monoisotopic (exact) mass is 394 g/mol. The predicted octanol–water partition coefficient (Wildman–Crippen LogP) is 5.81. The van der Waals surface area contributed by atoms with Crippen molar-refractivity contribution < 1.29 is 22.0 Å². The minimum absolute atomic E-state index is 0.158. The smallest absolute Gasteiger partial charge is 0.129 e. The molecule has 5 heteroatoms. The van der Waals surface area contributed by atoms with Gasteiger partial charge in [0.2, 0.25) is 0 Å². The Morgan fingerprint density at radius 3 is 1.39 bits per heavy atom. The maximum absolute atomic E-state index is 13.9. The number of rotatable bonds is 8. The van der Waals surface area contributed by atoms with E-state index in [1.54, 1.807) is 0 Å². The van der Waals surface area contributed by atoms with Crippen LogP contribution in [0.5, 0.6) is 0 Å². The van der Waals surface area contributed by atoms with Crippen LogP contribution in [0.4, 0.5) is 17.6 Å². The van der Waals surface area contributed by atoms with Gasteiger partial charge in [-0.1, -0.05) is 12.1 Å². The van der Waals surface area contributed by atoms with Crippen LogP contribution in [0.3, 0.4) is 0 Å². The second-order valence-corrected chi connectivity index (χ2v) is 7.90. The Hall–Kier alpha value is -1.88. The number of halogens is 4. The van der Waals surface area contributed by atoms with Crippen molar-refractivity contribution in [3.05, 3.63) is 70.8 Å². The minimum atomic E-state index is -0.486. The predicted molar refractivity (Wildman–Crippen MR) is 103 cm³/mol. The summed E-state index contributed by atoms with van der Waals surface area (Å²) in [5.74, 6) is -1.94. The number of benzene rings is 2. The fourth-order valence-electron chi connectivity index (χ4n) is 4.47. The summed E-state index contributed by atoms with van der Waals surface area (Å²) in [6.07, 6.45) is 5.60. The van der Waals surface area contributed by atoms with Gasteiger partial charge in [0.05, 0.1) is 26.2 Å². The van der Waals surface area contributed by atoms with Crippen molar-refractivity contribution >= 4 is 0 Å². The van der Waals surface area contributed by atoms with E-state index in [-0.39, 0.29) is 11.1 Å². The van der Waals surface area contributed by atoms with Crippen molar-refractivity contribution in [3.63, 3.8) is 0 Å². The van der Waals surface area contributed by atoms with Crippen molar-refractivity contribution in [2.75, 3.05) is 26.2 Å². The third-order valence-electron chi connectivity index (χ3n) is 6.01. The third kappa shape index (κ3) is 5.13. The largest absolute Gasteiger partial charge is 0.324 e. The molecule has 0 aliphatic carbocycles. The SMILES string of the molecule is Fc1cccc(F)c1CCC[N+]1(CCCc2c(F)cccc2F)CCCCC1. The van der Waals surface area contributed by atoms with E-state index in [0.29, 0.717) is 25.7 Å². The van der Waals surface area contributed by atoms with Crippen LogP contribution in [0.25, 0.3) is 0 Å². The van der Waals surface area contributed by atoms with E-state index < -0.39 is 23.3 Å². The molecule has 1 saturated heterocycles. The first-order chi connectivity index (χ1) is 13.5. The fraction of sp³-hybridized carbons (Fsp3) is 0.478. The molecule has 0 aromatic heterocycles. The number of hydrogen-bond donors (Lipinski definition) is 0. The lowest BCUT2D eigenvalue weighted by Gasteiger charge is -2.42. The maximum Gasteiger partial charge on any atom is 0.129 e. The first-order valence-corrected chi connectivity index (χ1v) is 10.2. The van der Waals surface area contributed by atoms with E-state index in [2.05, 4.69) is 0 Å². The number of likely N-dealkylation sites (tertiary alicyclic amines) is 1. The standard InChI is InChI=1S/C23H28F4N/c24-20-10-4-11-21(25)18(20)8-6-16-28(14-2-1-3-15-28)17-7-9-19-22(26)12-5-13-23(19)27/h4-5,10-13H,1-3,6-9,14-17H2/q+1. The Kier molecular flexibility index (Phi) is 7.11.